The van der Waals surface area contributed by atoms with Gasteiger partial charge in [-0.15, -0.1) is 0 Å². The number of piperazine rings is 1. The van der Waals surface area contributed by atoms with Crippen molar-refractivity contribution in [3.05, 3.63) is 46.6 Å². The van der Waals surface area contributed by atoms with Crippen molar-refractivity contribution in [2.45, 2.75) is 32.7 Å². The Hall–Kier alpha value is -2.67. The summed E-state index contributed by atoms with van der Waals surface area (Å²) in [5.41, 5.74) is 4.08. The number of hydrogen-bond donors (Lipinski definition) is 0. The largest absolute Gasteiger partial charge is 0.354 e. The maximum atomic E-state index is 13.3. The first-order valence-corrected chi connectivity index (χ1v) is 11.5. The van der Waals surface area contributed by atoms with E-state index in [1.54, 1.807) is 0 Å². The third-order valence-corrected chi connectivity index (χ3v) is 6.88. The van der Waals surface area contributed by atoms with Crippen LogP contribution >= 0.6 is 0 Å². The van der Waals surface area contributed by atoms with Crippen LogP contribution in [0.1, 0.15) is 40.0 Å². The summed E-state index contributed by atoms with van der Waals surface area (Å²) < 4.78 is 0. The molecule has 2 aromatic rings. The van der Waals surface area contributed by atoms with Crippen LogP contribution in [0, 0.1) is 6.92 Å². The summed E-state index contributed by atoms with van der Waals surface area (Å²) >= 11 is 0. The fourth-order valence-electron chi connectivity index (χ4n) is 4.88. The molecule has 4 heterocycles. The van der Waals surface area contributed by atoms with E-state index < -0.39 is 0 Å². The predicted octanol–water partition coefficient (Wildman–Crippen LogP) is 2.34. The Morgan fingerprint density at radius 1 is 0.903 bits per heavy atom. The lowest BCUT2D eigenvalue weighted by Crippen LogP contribution is -2.46. The number of fused-ring (bicyclic) bond motifs is 1. The van der Waals surface area contributed by atoms with Gasteiger partial charge in [-0.1, -0.05) is 18.2 Å². The average molecular weight is 421 g/mol. The molecule has 0 aliphatic carbocycles. The highest BCUT2D eigenvalue weighted by Gasteiger charge is 2.30. The van der Waals surface area contributed by atoms with Crippen molar-refractivity contribution < 1.29 is 4.79 Å². The molecule has 1 aromatic carbocycles. The summed E-state index contributed by atoms with van der Waals surface area (Å²) in [5.74, 6) is 2.03. The van der Waals surface area contributed by atoms with Crippen molar-refractivity contribution in [3.8, 4) is 0 Å². The molecule has 0 N–H and O–H groups in total. The molecule has 31 heavy (non-hydrogen) atoms. The monoisotopic (exact) mass is 420 g/mol. The van der Waals surface area contributed by atoms with Crippen LogP contribution in [0.3, 0.4) is 0 Å². The van der Waals surface area contributed by atoms with Crippen molar-refractivity contribution >= 4 is 17.7 Å². The molecule has 0 spiro atoms. The second kappa shape index (κ2) is 8.46. The number of likely N-dealkylation sites (N-methyl/N-ethyl adjacent to an activating group) is 1. The van der Waals surface area contributed by atoms with E-state index in [0.717, 1.165) is 79.8 Å². The fraction of sp³-hybridized carbons (Fsp3) is 0.542. The molecule has 1 aromatic heterocycles. The van der Waals surface area contributed by atoms with E-state index in [-0.39, 0.29) is 5.91 Å². The quantitative estimate of drug-likeness (QED) is 0.760. The zero-order chi connectivity index (χ0) is 21.4. The number of benzene rings is 1. The Kier molecular flexibility index (Phi) is 5.52. The van der Waals surface area contributed by atoms with E-state index in [1.165, 1.54) is 12.8 Å². The molecule has 0 saturated carbocycles. The van der Waals surface area contributed by atoms with Gasteiger partial charge in [0.25, 0.3) is 5.91 Å². The molecule has 0 bridgehead atoms. The summed E-state index contributed by atoms with van der Waals surface area (Å²) in [6, 6.07) is 7.86. The van der Waals surface area contributed by atoms with Gasteiger partial charge in [0.2, 0.25) is 5.95 Å². The first-order chi connectivity index (χ1) is 15.1. The van der Waals surface area contributed by atoms with Crippen LogP contribution in [0.5, 0.6) is 0 Å². The molecule has 2 fully saturated rings. The summed E-state index contributed by atoms with van der Waals surface area (Å²) in [4.78, 5) is 32.4. The molecule has 0 atom stereocenters. The van der Waals surface area contributed by atoms with Crippen molar-refractivity contribution in [1.82, 2.24) is 19.8 Å². The highest BCUT2D eigenvalue weighted by molar-refractivity contribution is 5.95. The molecule has 1 amide bonds. The van der Waals surface area contributed by atoms with Gasteiger partial charge in [-0.3, -0.25) is 4.79 Å². The molecule has 2 saturated heterocycles. The van der Waals surface area contributed by atoms with Crippen LogP contribution in [-0.2, 0) is 13.0 Å². The van der Waals surface area contributed by atoms with Gasteiger partial charge in [-0.25, -0.2) is 4.98 Å². The smallest absolute Gasteiger partial charge is 0.254 e. The van der Waals surface area contributed by atoms with E-state index in [9.17, 15) is 4.79 Å². The molecular weight excluding hydrogens is 388 g/mol. The van der Waals surface area contributed by atoms with Crippen LogP contribution in [0.15, 0.2) is 24.3 Å². The Bertz CT molecular complexity index is 963. The molecule has 7 nitrogen and oxygen atoms in total. The van der Waals surface area contributed by atoms with Gasteiger partial charge in [0.05, 0.1) is 12.2 Å². The maximum Gasteiger partial charge on any atom is 0.254 e. The van der Waals surface area contributed by atoms with Gasteiger partial charge in [0, 0.05) is 63.4 Å². The standard InChI is InChI=1S/C24H32N6O/c1-18-7-3-4-8-19(18)23(31)30-12-9-21-20(17-30)22(28-15-13-27(2)14-16-28)26-24(25-21)29-10-5-6-11-29/h3-4,7-8H,5-6,9-17H2,1-2H3. The number of amides is 1. The van der Waals surface area contributed by atoms with Gasteiger partial charge in [0.1, 0.15) is 5.82 Å². The second-order valence-electron chi connectivity index (χ2n) is 9.05. The van der Waals surface area contributed by atoms with Gasteiger partial charge in [-0.2, -0.15) is 4.98 Å². The van der Waals surface area contributed by atoms with Gasteiger partial charge in [-0.05, 0) is 38.4 Å². The van der Waals surface area contributed by atoms with E-state index in [2.05, 4.69) is 21.7 Å². The SMILES string of the molecule is Cc1ccccc1C(=O)N1CCc2nc(N3CCCC3)nc(N3CCN(C)CC3)c2C1. The molecule has 164 valence electrons. The first kappa shape index (κ1) is 20.2. The molecule has 3 aliphatic heterocycles. The predicted molar refractivity (Wildman–Crippen MR) is 123 cm³/mol. The van der Waals surface area contributed by atoms with E-state index in [0.29, 0.717) is 13.1 Å². The molecular formula is C24H32N6O. The van der Waals surface area contributed by atoms with Crippen molar-refractivity contribution in [3.63, 3.8) is 0 Å². The van der Waals surface area contributed by atoms with E-state index in [1.807, 2.05) is 36.1 Å². The van der Waals surface area contributed by atoms with Gasteiger partial charge in [0.15, 0.2) is 0 Å². The Balaban J connectivity index is 1.48. The zero-order valence-electron chi connectivity index (χ0n) is 18.7. The second-order valence-corrected chi connectivity index (χ2v) is 9.05. The number of carbonyl (C=O) groups is 1. The Morgan fingerprint density at radius 2 is 1.65 bits per heavy atom. The fourth-order valence-corrected chi connectivity index (χ4v) is 4.88. The van der Waals surface area contributed by atoms with Crippen molar-refractivity contribution in [2.75, 3.05) is 62.7 Å². The number of hydrogen-bond acceptors (Lipinski definition) is 6. The number of aromatic nitrogens is 2. The van der Waals surface area contributed by atoms with Crippen molar-refractivity contribution in [2.24, 2.45) is 0 Å². The molecule has 7 heteroatoms. The number of anilines is 2. The summed E-state index contributed by atoms with van der Waals surface area (Å²) in [6.07, 6.45) is 3.21. The number of nitrogens with zero attached hydrogens (tertiary/aromatic N) is 6. The Labute approximate surface area is 184 Å². The number of carbonyl (C=O) groups excluding carboxylic acids is 1. The lowest BCUT2D eigenvalue weighted by Gasteiger charge is -2.37. The van der Waals surface area contributed by atoms with E-state index >= 15 is 0 Å². The lowest BCUT2D eigenvalue weighted by molar-refractivity contribution is 0.0733. The zero-order valence-corrected chi connectivity index (χ0v) is 18.7. The van der Waals surface area contributed by atoms with Crippen LogP contribution < -0.4 is 9.80 Å². The van der Waals surface area contributed by atoms with Crippen LogP contribution in [0.25, 0.3) is 0 Å². The third-order valence-electron chi connectivity index (χ3n) is 6.88. The van der Waals surface area contributed by atoms with Gasteiger partial charge < -0.3 is 19.6 Å². The molecule has 3 aliphatic rings. The van der Waals surface area contributed by atoms with Gasteiger partial charge >= 0.3 is 0 Å². The summed E-state index contributed by atoms with van der Waals surface area (Å²) in [5, 5.41) is 0. The van der Waals surface area contributed by atoms with E-state index in [4.69, 9.17) is 9.97 Å². The lowest BCUT2D eigenvalue weighted by atomic mass is 10.0. The molecule has 0 unspecified atom stereocenters. The van der Waals surface area contributed by atoms with Crippen LogP contribution in [0.4, 0.5) is 11.8 Å². The first-order valence-electron chi connectivity index (χ1n) is 11.5. The maximum absolute atomic E-state index is 13.3. The molecule has 5 rings (SSSR count). The normalized spacial score (nSPS) is 19.6. The molecule has 0 radical (unpaired) electrons. The third kappa shape index (κ3) is 3.99. The minimum absolute atomic E-state index is 0.108. The minimum Gasteiger partial charge on any atom is -0.354 e. The topological polar surface area (TPSA) is 55.8 Å². The highest BCUT2D eigenvalue weighted by atomic mass is 16.2. The summed E-state index contributed by atoms with van der Waals surface area (Å²) in [6.45, 7) is 9.37. The van der Waals surface area contributed by atoms with Crippen LogP contribution in [0.2, 0.25) is 0 Å². The Morgan fingerprint density at radius 3 is 2.39 bits per heavy atom. The minimum atomic E-state index is 0.108. The number of aryl methyl sites for hydroxylation is 1. The highest BCUT2D eigenvalue weighted by Crippen LogP contribution is 2.31. The van der Waals surface area contributed by atoms with Crippen LogP contribution in [-0.4, -0.2) is 78.5 Å². The average Bonchev–Trinajstić information content (AvgIpc) is 3.33. The van der Waals surface area contributed by atoms with Crippen molar-refractivity contribution in [1.29, 1.82) is 0 Å². The summed E-state index contributed by atoms with van der Waals surface area (Å²) in [7, 11) is 2.17. The number of rotatable bonds is 3.